The highest BCUT2D eigenvalue weighted by Gasteiger charge is 2.08. The van der Waals surface area contributed by atoms with Crippen molar-refractivity contribution in [1.82, 2.24) is 0 Å². The van der Waals surface area contributed by atoms with Crippen LogP contribution < -0.4 is 0 Å². The molecule has 0 fully saturated rings. The van der Waals surface area contributed by atoms with E-state index in [0.717, 1.165) is 19.3 Å². The van der Waals surface area contributed by atoms with Crippen molar-refractivity contribution < 1.29 is 9.90 Å². The molecule has 1 N–H and O–H groups in total. The average Bonchev–Trinajstić information content (AvgIpc) is 1.82. The lowest BCUT2D eigenvalue weighted by Gasteiger charge is -2.01. The fourth-order valence-corrected chi connectivity index (χ4v) is 0.574. The summed E-state index contributed by atoms with van der Waals surface area (Å²) < 4.78 is 0. The molecule has 53 valence electrons. The molecule has 9 heavy (non-hydrogen) atoms. The quantitative estimate of drug-likeness (QED) is 0.627. The van der Waals surface area contributed by atoms with Gasteiger partial charge in [-0.1, -0.05) is 26.7 Å². The topological polar surface area (TPSA) is 37.3 Å². The summed E-state index contributed by atoms with van der Waals surface area (Å²) in [6, 6.07) is 0. The third-order valence-corrected chi connectivity index (χ3v) is 1.31. The first-order valence-electron chi connectivity index (χ1n) is 3.20. The van der Waals surface area contributed by atoms with E-state index in [1.165, 1.54) is 0 Å². The van der Waals surface area contributed by atoms with Gasteiger partial charge >= 0.3 is 5.97 Å². The highest BCUT2D eigenvalue weighted by molar-refractivity contribution is 5.69. The Hall–Kier alpha value is -0.530. The predicted molar refractivity (Wildman–Crippen MR) is 36.0 cm³/mol. The highest BCUT2D eigenvalue weighted by atomic mass is 16.4. The van der Waals surface area contributed by atoms with Gasteiger partial charge in [0.05, 0.1) is 5.92 Å². The molecule has 1 unspecified atom stereocenters. The smallest absolute Gasteiger partial charge is 0.306 e. The first-order chi connectivity index (χ1) is 4.18. The standard InChI is InChI=1S/C7H13O2/c1-3-4-5-6(2)7(8)9/h6H,1,3-5H2,2H3,(H,8,9). The van der Waals surface area contributed by atoms with Crippen molar-refractivity contribution in [2.45, 2.75) is 26.2 Å². The monoisotopic (exact) mass is 129 g/mol. The van der Waals surface area contributed by atoms with Gasteiger partial charge in [-0.3, -0.25) is 4.79 Å². The van der Waals surface area contributed by atoms with Crippen molar-refractivity contribution in [3.8, 4) is 0 Å². The van der Waals surface area contributed by atoms with E-state index in [4.69, 9.17) is 5.11 Å². The van der Waals surface area contributed by atoms with Crippen LogP contribution in [-0.2, 0) is 4.79 Å². The molecule has 0 aliphatic carbocycles. The second-order valence-corrected chi connectivity index (χ2v) is 2.24. The number of carbonyl (C=O) groups is 1. The summed E-state index contributed by atoms with van der Waals surface area (Å²) in [6.45, 7) is 5.34. The van der Waals surface area contributed by atoms with Gasteiger partial charge in [0.15, 0.2) is 0 Å². The minimum atomic E-state index is -0.705. The lowest BCUT2D eigenvalue weighted by atomic mass is 10.1. The maximum absolute atomic E-state index is 10.2. The lowest BCUT2D eigenvalue weighted by Crippen LogP contribution is -2.08. The largest absolute Gasteiger partial charge is 0.481 e. The van der Waals surface area contributed by atoms with Gasteiger partial charge in [0.2, 0.25) is 0 Å². The third-order valence-electron chi connectivity index (χ3n) is 1.31. The summed E-state index contributed by atoms with van der Waals surface area (Å²) in [5.41, 5.74) is 0. The minimum Gasteiger partial charge on any atom is -0.481 e. The van der Waals surface area contributed by atoms with E-state index in [1.54, 1.807) is 6.92 Å². The molecule has 1 radical (unpaired) electrons. The van der Waals surface area contributed by atoms with E-state index in [9.17, 15) is 4.79 Å². The van der Waals surface area contributed by atoms with Crippen molar-refractivity contribution in [2.24, 2.45) is 5.92 Å². The first kappa shape index (κ1) is 8.47. The van der Waals surface area contributed by atoms with Crippen LogP contribution >= 0.6 is 0 Å². The number of rotatable bonds is 4. The van der Waals surface area contributed by atoms with Crippen LogP contribution in [0.15, 0.2) is 0 Å². The molecular formula is C7H13O2. The van der Waals surface area contributed by atoms with E-state index in [-0.39, 0.29) is 5.92 Å². The second-order valence-electron chi connectivity index (χ2n) is 2.24. The maximum atomic E-state index is 10.2. The Bertz CT molecular complexity index is 88.9. The van der Waals surface area contributed by atoms with Gasteiger partial charge in [-0.2, -0.15) is 0 Å². The zero-order valence-corrected chi connectivity index (χ0v) is 5.76. The summed E-state index contributed by atoms with van der Waals surface area (Å²) in [5, 5.41) is 8.39. The van der Waals surface area contributed by atoms with Crippen molar-refractivity contribution in [3.05, 3.63) is 6.92 Å². The third kappa shape index (κ3) is 4.01. The Morgan fingerprint density at radius 2 is 2.33 bits per heavy atom. The van der Waals surface area contributed by atoms with E-state index in [2.05, 4.69) is 6.92 Å². The van der Waals surface area contributed by atoms with Gasteiger partial charge in [-0.05, 0) is 6.42 Å². The van der Waals surface area contributed by atoms with Crippen LogP contribution in [-0.4, -0.2) is 11.1 Å². The summed E-state index contributed by atoms with van der Waals surface area (Å²) in [6.07, 6.45) is 2.49. The van der Waals surface area contributed by atoms with E-state index in [0.29, 0.717) is 0 Å². The van der Waals surface area contributed by atoms with Crippen LogP contribution in [0.3, 0.4) is 0 Å². The number of carboxylic acid groups (broad SMARTS) is 1. The molecule has 0 heterocycles. The molecule has 1 atom stereocenters. The highest BCUT2D eigenvalue weighted by Crippen LogP contribution is 2.06. The Balaban J connectivity index is 3.27. The van der Waals surface area contributed by atoms with Crippen LogP contribution in [0.25, 0.3) is 0 Å². The van der Waals surface area contributed by atoms with E-state index in [1.807, 2.05) is 0 Å². The van der Waals surface area contributed by atoms with Crippen LogP contribution in [0.4, 0.5) is 0 Å². The number of hydrogen-bond donors (Lipinski definition) is 1. The lowest BCUT2D eigenvalue weighted by molar-refractivity contribution is -0.141. The van der Waals surface area contributed by atoms with Gasteiger partial charge in [-0.15, -0.1) is 0 Å². The van der Waals surface area contributed by atoms with Gasteiger partial charge in [0.25, 0.3) is 0 Å². The summed E-state index contributed by atoms with van der Waals surface area (Å²) in [4.78, 5) is 10.2. The maximum Gasteiger partial charge on any atom is 0.306 e. The Morgan fingerprint density at radius 3 is 2.67 bits per heavy atom. The summed E-state index contributed by atoms with van der Waals surface area (Å²) >= 11 is 0. The second kappa shape index (κ2) is 4.36. The molecule has 0 aromatic carbocycles. The van der Waals surface area contributed by atoms with Gasteiger partial charge in [-0.25, -0.2) is 0 Å². The fraction of sp³-hybridized carbons (Fsp3) is 0.714. The van der Waals surface area contributed by atoms with Gasteiger partial charge in [0.1, 0.15) is 0 Å². The molecule has 0 amide bonds. The van der Waals surface area contributed by atoms with Gasteiger partial charge in [0, 0.05) is 0 Å². The fourth-order valence-electron chi connectivity index (χ4n) is 0.574. The molecular weight excluding hydrogens is 116 g/mol. The predicted octanol–water partition coefficient (Wildman–Crippen LogP) is 1.71. The van der Waals surface area contributed by atoms with E-state index >= 15 is 0 Å². The molecule has 0 rings (SSSR count). The molecule has 0 saturated carbocycles. The van der Waals surface area contributed by atoms with Crippen molar-refractivity contribution in [2.75, 3.05) is 0 Å². The number of aliphatic carboxylic acids is 1. The normalized spacial score (nSPS) is 13.1. The van der Waals surface area contributed by atoms with Gasteiger partial charge < -0.3 is 5.11 Å². The molecule has 0 aromatic heterocycles. The molecule has 0 aliphatic rings. The van der Waals surface area contributed by atoms with Crippen LogP contribution in [0.5, 0.6) is 0 Å². The Labute approximate surface area is 55.9 Å². The molecule has 0 aromatic rings. The molecule has 0 saturated heterocycles. The summed E-state index contributed by atoms with van der Waals surface area (Å²) in [5.74, 6) is -0.907. The molecule has 0 aliphatic heterocycles. The average molecular weight is 129 g/mol. The first-order valence-corrected chi connectivity index (χ1v) is 3.20. The van der Waals surface area contributed by atoms with Crippen LogP contribution in [0.1, 0.15) is 26.2 Å². The Kier molecular flexibility index (Phi) is 4.10. The van der Waals surface area contributed by atoms with Crippen LogP contribution in [0.2, 0.25) is 0 Å². The summed E-state index contributed by atoms with van der Waals surface area (Å²) in [7, 11) is 0. The molecule has 2 nitrogen and oxygen atoms in total. The van der Waals surface area contributed by atoms with Crippen molar-refractivity contribution in [3.63, 3.8) is 0 Å². The number of carboxylic acids is 1. The van der Waals surface area contributed by atoms with E-state index < -0.39 is 5.97 Å². The molecule has 2 heteroatoms. The van der Waals surface area contributed by atoms with Crippen molar-refractivity contribution >= 4 is 5.97 Å². The van der Waals surface area contributed by atoms with Crippen LogP contribution in [0, 0.1) is 12.8 Å². The Morgan fingerprint density at radius 1 is 1.78 bits per heavy atom. The minimum absolute atomic E-state index is 0.202. The zero-order chi connectivity index (χ0) is 7.28. The number of hydrogen-bond acceptors (Lipinski definition) is 1. The number of unbranched alkanes of at least 4 members (excludes halogenated alkanes) is 1. The molecule has 0 spiro atoms. The van der Waals surface area contributed by atoms with Crippen molar-refractivity contribution in [1.29, 1.82) is 0 Å². The molecule has 0 bridgehead atoms. The SMILES string of the molecule is [CH2]CCCC(C)C(=O)O. The zero-order valence-electron chi connectivity index (χ0n) is 5.76.